The Bertz CT molecular complexity index is 1050. The number of benzene rings is 3. The van der Waals surface area contributed by atoms with Gasteiger partial charge in [0.25, 0.3) is 0 Å². The van der Waals surface area contributed by atoms with Gasteiger partial charge in [-0.25, -0.2) is 4.68 Å². The molecule has 0 aliphatic rings. The Labute approximate surface area is 165 Å². The van der Waals surface area contributed by atoms with Gasteiger partial charge in [0.05, 0.1) is 17.1 Å². The Hall–Kier alpha value is -3.33. The van der Waals surface area contributed by atoms with E-state index >= 15 is 0 Å². The third-order valence-electron chi connectivity index (χ3n) is 4.78. The molecule has 28 heavy (non-hydrogen) atoms. The number of hydrogen-bond acceptors (Lipinski definition) is 2. The van der Waals surface area contributed by atoms with Crippen LogP contribution in [0.15, 0.2) is 84.9 Å². The van der Waals surface area contributed by atoms with E-state index in [0.29, 0.717) is 5.92 Å². The minimum atomic E-state index is 0.267. The maximum Gasteiger partial charge on any atom is 0.115 e. The summed E-state index contributed by atoms with van der Waals surface area (Å²) in [5.41, 5.74) is 6.52. The topological polar surface area (TPSA) is 38.0 Å². The van der Waals surface area contributed by atoms with Crippen LogP contribution in [0.2, 0.25) is 0 Å². The molecule has 3 nitrogen and oxygen atoms in total. The van der Waals surface area contributed by atoms with Gasteiger partial charge >= 0.3 is 0 Å². The average molecular weight is 368 g/mol. The van der Waals surface area contributed by atoms with Crippen LogP contribution in [-0.4, -0.2) is 14.9 Å². The van der Waals surface area contributed by atoms with Gasteiger partial charge in [-0.3, -0.25) is 0 Å². The Morgan fingerprint density at radius 3 is 2.00 bits per heavy atom. The third-order valence-corrected chi connectivity index (χ3v) is 4.78. The largest absolute Gasteiger partial charge is 0.508 e. The molecule has 4 rings (SSSR count). The first-order valence-corrected chi connectivity index (χ1v) is 9.65. The molecule has 0 bridgehead atoms. The predicted octanol–water partition coefficient (Wildman–Crippen LogP) is 6.11. The van der Waals surface area contributed by atoms with Crippen LogP contribution in [0, 0.1) is 5.92 Å². The molecule has 1 N–H and O–H groups in total. The molecular formula is C25H24N2O. The maximum atomic E-state index is 9.77. The summed E-state index contributed by atoms with van der Waals surface area (Å²) in [6, 6.07) is 28.0. The van der Waals surface area contributed by atoms with Gasteiger partial charge in [0.15, 0.2) is 0 Å². The molecule has 0 atom stereocenters. The first kappa shape index (κ1) is 18.1. The molecule has 0 saturated heterocycles. The molecule has 0 radical (unpaired) electrons. The number of nitrogens with zero attached hydrogens (tertiary/aromatic N) is 2. The zero-order chi connectivity index (χ0) is 19.5. The van der Waals surface area contributed by atoms with Crippen molar-refractivity contribution in [1.29, 1.82) is 0 Å². The summed E-state index contributed by atoms with van der Waals surface area (Å²) in [5.74, 6) is 0.759. The summed E-state index contributed by atoms with van der Waals surface area (Å²) in [4.78, 5) is 0. The minimum absolute atomic E-state index is 0.267. The summed E-state index contributed by atoms with van der Waals surface area (Å²) in [6.45, 7) is 4.46. The Kier molecular flexibility index (Phi) is 4.98. The smallest absolute Gasteiger partial charge is 0.115 e. The fourth-order valence-corrected chi connectivity index (χ4v) is 3.55. The second kappa shape index (κ2) is 7.73. The normalized spacial score (nSPS) is 11.1. The number of aromatic hydroxyl groups is 1. The van der Waals surface area contributed by atoms with E-state index in [1.807, 2.05) is 41.1 Å². The lowest BCUT2D eigenvalue weighted by atomic mass is 9.94. The molecule has 0 spiro atoms. The van der Waals surface area contributed by atoms with Gasteiger partial charge in [-0.2, -0.15) is 5.10 Å². The lowest BCUT2D eigenvalue weighted by Crippen LogP contribution is -2.01. The number of phenols is 1. The van der Waals surface area contributed by atoms with Gasteiger partial charge in [-0.05, 0) is 48.7 Å². The Balaban J connectivity index is 2.02. The predicted molar refractivity (Wildman–Crippen MR) is 115 cm³/mol. The van der Waals surface area contributed by atoms with Crippen molar-refractivity contribution < 1.29 is 5.11 Å². The Morgan fingerprint density at radius 2 is 1.39 bits per heavy atom. The van der Waals surface area contributed by atoms with Crippen LogP contribution in [0.1, 0.15) is 19.4 Å². The third kappa shape index (κ3) is 3.56. The van der Waals surface area contributed by atoms with E-state index in [-0.39, 0.29) is 5.75 Å². The summed E-state index contributed by atoms with van der Waals surface area (Å²) >= 11 is 0. The van der Waals surface area contributed by atoms with Crippen molar-refractivity contribution in [3.8, 4) is 34.0 Å². The first-order valence-electron chi connectivity index (χ1n) is 9.65. The molecule has 3 aromatic carbocycles. The van der Waals surface area contributed by atoms with Gasteiger partial charge < -0.3 is 5.11 Å². The van der Waals surface area contributed by atoms with Crippen LogP contribution < -0.4 is 0 Å². The minimum Gasteiger partial charge on any atom is -0.508 e. The van der Waals surface area contributed by atoms with Crippen LogP contribution in [0.4, 0.5) is 0 Å². The molecular weight excluding hydrogens is 344 g/mol. The fraction of sp³-hybridized carbons (Fsp3) is 0.160. The molecule has 0 fully saturated rings. The van der Waals surface area contributed by atoms with Crippen molar-refractivity contribution in [2.75, 3.05) is 0 Å². The van der Waals surface area contributed by atoms with Crippen LogP contribution >= 0.6 is 0 Å². The molecule has 0 amide bonds. The number of rotatable bonds is 5. The van der Waals surface area contributed by atoms with Crippen molar-refractivity contribution in [1.82, 2.24) is 9.78 Å². The second-order valence-corrected chi connectivity index (χ2v) is 7.43. The molecule has 1 aromatic heterocycles. The summed E-state index contributed by atoms with van der Waals surface area (Å²) in [7, 11) is 0. The number of hydrogen-bond donors (Lipinski definition) is 1. The van der Waals surface area contributed by atoms with Crippen LogP contribution in [0.25, 0.3) is 28.2 Å². The molecule has 140 valence electrons. The molecule has 0 saturated carbocycles. The van der Waals surface area contributed by atoms with Crippen LogP contribution in [0.3, 0.4) is 0 Å². The zero-order valence-corrected chi connectivity index (χ0v) is 16.2. The highest BCUT2D eigenvalue weighted by atomic mass is 16.3. The number of aromatic nitrogens is 2. The van der Waals surface area contributed by atoms with E-state index in [1.54, 1.807) is 12.1 Å². The fourth-order valence-electron chi connectivity index (χ4n) is 3.55. The van der Waals surface area contributed by atoms with Crippen molar-refractivity contribution in [2.45, 2.75) is 20.3 Å². The number of phenolic OH excluding ortho intramolecular Hbond substituents is 1. The summed E-state index contributed by atoms with van der Waals surface area (Å²) < 4.78 is 2.03. The lowest BCUT2D eigenvalue weighted by Gasteiger charge is -2.12. The van der Waals surface area contributed by atoms with Crippen molar-refractivity contribution in [3.63, 3.8) is 0 Å². The average Bonchev–Trinajstić information content (AvgIpc) is 3.08. The highest BCUT2D eigenvalue weighted by Crippen LogP contribution is 2.36. The Morgan fingerprint density at radius 1 is 0.786 bits per heavy atom. The first-order chi connectivity index (χ1) is 13.6. The second-order valence-electron chi connectivity index (χ2n) is 7.43. The van der Waals surface area contributed by atoms with Gasteiger partial charge in [0.1, 0.15) is 5.75 Å². The van der Waals surface area contributed by atoms with Gasteiger partial charge in [0, 0.05) is 16.7 Å². The highest BCUT2D eigenvalue weighted by Gasteiger charge is 2.22. The molecule has 4 aromatic rings. The van der Waals surface area contributed by atoms with Gasteiger partial charge in [0.2, 0.25) is 0 Å². The quantitative estimate of drug-likeness (QED) is 0.461. The van der Waals surface area contributed by atoms with E-state index in [1.165, 1.54) is 5.56 Å². The zero-order valence-electron chi connectivity index (χ0n) is 16.2. The lowest BCUT2D eigenvalue weighted by molar-refractivity contribution is 0.475. The molecule has 0 aliphatic heterocycles. The van der Waals surface area contributed by atoms with Crippen molar-refractivity contribution in [3.05, 3.63) is 90.5 Å². The SMILES string of the molecule is CC(C)Cc1c(-c2ccccc2)nn(-c2ccccc2)c1-c1ccc(O)cc1. The summed E-state index contributed by atoms with van der Waals surface area (Å²) in [5, 5.41) is 14.8. The van der Waals surface area contributed by atoms with Gasteiger partial charge in [-0.1, -0.05) is 62.4 Å². The molecule has 0 aliphatic carbocycles. The summed E-state index contributed by atoms with van der Waals surface area (Å²) in [6.07, 6.45) is 0.924. The molecule has 0 unspecified atom stereocenters. The van der Waals surface area contributed by atoms with Gasteiger partial charge in [-0.15, -0.1) is 0 Å². The standard InChI is InChI=1S/C25H24N2O/c1-18(2)17-23-24(19-9-5-3-6-10-19)26-27(21-11-7-4-8-12-21)25(23)20-13-15-22(28)16-14-20/h3-16,18,28H,17H2,1-2H3. The monoisotopic (exact) mass is 368 g/mol. The van der Waals surface area contributed by atoms with E-state index in [2.05, 4.69) is 50.2 Å². The van der Waals surface area contributed by atoms with E-state index in [4.69, 9.17) is 5.10 Å². The van der Waals surface area contributed by atoms with Crippen molar-refractivity contribution in [2.24, 2.45) is 5.92 Å². The van der Waals surface area contributed by atoms with E-state index in [0.717, 1.165) is 34.6 Å². The number of para-hydroxylation sites is 1. The maximum absolute atomic E-state index is 9.77. The highest BCUT2D eigenvalue weighted by molar-refractivity contribution is 5.76. The molecule has 1 heterocycles. The van der Waals surface area contributed by atoms with E-state index < -0.39 is 0 Å². The molecule has 3 heteroatoms. The van der Waals surface area contributed by atoms with Crippen LogP contribution in [0.5, 0.6) is 5.75 Å². The van der Waals surface area contributed by atoms with E-state index in [9.17, 15) is 5.11 Å². The van der Waals surface area contributed by atoms with Crippen molar-refractivity contribution >= 4 is 0 Å². The van der Waals surface area contributed by atoms with Crippen LogP contribution in [-0.2, 0) is 6.42 Å².